The molecule has 1 atom stereocenters. The Morgan fingerprint density at radius 1 is 0.857 bits per heavy atom. The summed E-state index contributed by atoms with van der Waals surface area (Å²) in [5, 5.41) is 2.72. The molecule has 0 heterocycles. The fourth-order valence-corrected chi connectivity index (χ4v) is 3.85. The number of anilines is 1. The van der Waals surface area contributed by atoms with Crippen molar-refractivity contribution in [2.75, 3.05) is 5.32 Å². The van der Waals surface area contributed by atoms with Crippen molar-refractivity contribution in [2.24, 2.45) is 0 Å². The highest BCUT2D eigenvalue weighted by Crippen LogP contribution is 2.14. The highest BCUT2D eigenvalue weighted by molar-refractivity contribution is 7.89. The molecule has 0 bridgehead atoms. The number of para-hydroxylation sites is 1. The molecule has 0 unspecified atom stereocenters. The third-order valence-electron chi connectivity index (χ3n) is 4.06. The van der Waals surface area contributed by atoms with Crippen molar-refractivity contribution in [3.05, 3.63) is 96.3 Å². The Morgan fingerprint density at radius 3 is 2.04 bits per heavy atom. The summed E-state index contributed by atoms with van der Waals surface area (Å²) in [7, 11) is -4.01. The smallest absolute Gasteiger partial charge is 0.242 e. The van der Waals surface area contributed by atoms with Gasteiger partial charge < -0.3 is 5.32 Å². The van der Waals surface area contributed by atoms with Crippen LogP contribution in [0.15, 0.2) is 89.8 Å². The maximum absolute atomic E-state index is 13.1. The lowest BCUT2D eigenvalue weighted by atomic mass is 10.1. The van der Waals surface area contributed by atoms with Gasteiger partial charge in [0, 0.05) is 5.69 Å². The number of amides is 1. The van der Waals surface area contributed by atoms with Gasteiger partial charge in [-0.25, -0.2) is 12.8 Å². The Morgan fingerprint density at radius 2 is 1.43 bits per heavy atom. The molecular formula is C21H19FN2O3S. The van der Waals surface area contributed by atoms with Crippen molar-refractivity contribution < 1.29 is 17.6 Å². The third-order valence-corrected chi connectivity index (χ3v) is 5.55. The van der Waals surface area contributed by atoms with Crippen LogP contribution in [0.1, 0.15) is 5.56 Å². The molecule has 0 saturated heterocycles. The maximum Gasteiger partial charge on any atom is 0.242 e. The summed E-state index contributed by atoms with van der Waals surface area (Å²) >= 11 is 0. The van der Waals surface area contributed by atoms with E-state index < -0.39 is 27.8 Å². The molecule has 28 heavy (non-hydrogen) atoms. The Kier molecular flexibility index (Phi) is 6.18. The van der Waals surface area contributed by atoms with E-state index in [9.17, 15) is 17.6 Å². The van der Waals surface area contributed by atoms with E-state index in [-0.39, 0.29) is 11.3 Å². The van der Waals surface area contributed by atoms with Crippen LogP contribution in [-0.2, 0) is 21.2 Å². The van der Waals surface area contributed by atoms with Gasteiger partial charge >= 0.3 is 0 Å². The standard InChI is InChI=1S/C21H19FN2O3S/c22-17-11-13-19(14-12-17)28(26,27)24-20(15-16-7-3-1-4-8-16)21(25)23-18-9-5-2-6-10-18/h1-14,20,24H,15H2,(H,23,25)/t20-/m0/s1. The van der Waals surface area contributed by atoms with Crippen LogP contribution in [0.2, 0.25) is 0 Å². The van der Waals surface area contributed by atoms with Crippen LogP contribution >= 0.6 is 0 Å². The number of nitrogens with one attached hydrogen (secondary N) is 2. The zero-order valence-electron chi connectivity index (χ0n) is 14.9. The van der Waals surface area contributed by atoms with Gasteiger partial charge in [-0.2, -0.15) is 4.72 Å². The molecule has 5 nitrogen and oxygen atoms in total. The summed E-state index contributed by atoms with van der Waals surface area (Å²) in [6, 6.07) is 21.3. The fraction of sp³-hybridized carbons (Fsp3) is 0.0952. The average Bonchev–Trinajstić information content (AvgIpc) is 2.69. The number of carbonyl (C=O) groups is 1. The van der Waals surface area contributed by atoms with Crippen molar-refractivity contribution in [3.63, 3.8) is 0 Å². The highest BCUT2D eigenvalue weighted by atomic mass is 32.2. The van der Waals surface area contributed by atoms with E-state index in [4.69, 9.17) is 0 Å². The first kappa shape index (κ1) is 19.7. The molecule has 0 spiro atoms. The van der Waals surface area contributed by atoms with Crippen LogP contribution in [0, 0.1) is 5.82 Å². The first-order valence-electron chi connectivity index (χ1n) is 8.62. The quantitative estimate of drug-likeness (QED) is 0.641. The first-order valence-corrected chi connectivity index (χ1v) is 10.1. The molecule has 2 N–H and O–H groups in total. The predicted molar refractivity (Wildman–Crippen MR) is 106 cm³/mol. The number of hydrogen-bond donors (Lipinski definition) is 2. The Labute approximate surface area is 163 Å². The summed E-state index contributed by atoms with van der Waals surface area (Å²) in [5.74, 6) is -1.03. The minimum atomic E-state index is -4.01. The van der Waals surface area contributed by atoms with E-state index >= 15 is 0 Å². The highest BCUT2D eigenvalue weighted by Gasteiger charge is 2.26. The maximum atomic E-state index is 13.1. The van der Waals surface area contributed by atoms with Crippen LogP contribution < -0.4 is 10.0 Å². The molecule has 3 aromatic carbocycles. The number of halogens is 1. The topological polar surface area (TPSA) is 75.3 Å². The van der Waals surface area contributed by atoms with Gasteiger partial charge in [0.15, 0.2) is 0 Å². The van der Waals surface area contributed by atoms with Crippen LogP contribution in [-0.4, -0.2) is 20.4 Å². The number of sulfonamides is 1. The number of carbonyl (C=O) groups excluding carboxylic acids is 1. The average molecular weight is 398 g/mol. The van der Waals surface area contributed by atoms with Crippen molar-refractivity contribution in [2.45, 2.75) is 17.4 Å². The van der Waals surface area contributed by atoms with Gasteiger partial charge in [-0.3, -0.25) is 4.79 Å². The second-order valence-corrected chi connectivity index (χ2v) is 7.89. The van der Waals surface area contributed by atoms with Crippen LogP contribution in [0.5, 0.6) is 0 Å². The molecule has 7 heteroatoms. The minimum Gasteiger partial charge on any atom is -0.325 e. The lowest BCUT2D eigenvalue weighted by Crippen LogP contribution is -2.45. The zero-order valence-corrected chi connectivity index (χ0v) is 15.7. The number of hydrogen-bond acceptors (Lipinski definition) is 3. The van der Waals surface area contributed by atoms with Crippen molar-refractivity contribution in [1.29, 1.82) is 0 Å². The molecule has 0 aliphatic heterocycles. The van der Waals surface area contributed by atoms with E-state index in [0.717, 1.165) is 29.8 Å². The number of benzene rings is 3. The van der Waals surface area contributed by atoms with Crippen molar-refractivity contribution in [3.8, 4) is 0 Å². The summed E-state index contributed by atoms with van der Waals surface area (Å²) in [5.41, 5.74) is 1.36. The summed E-state index contributed by atoms with van der Waals surface area (Å²) in [6.45, 7) is 0. The molecule has 0 aliphatic rings. The van der Waals surface area contributed by atoms with E-state index in [1.54, 1.807) is 24.3 Å². The van der Waals surface area contributed by atoms with Gasteiger partial charge in [-0.05, 0) is 48.4 Å². The molecule has 0 aliphatic carbocycles. The SMILES string of the molecule is O=C(Nc1ccccc1)[C@H](Cc1ccccc1)NS(=O)(=O)c1ccc(F)cc1. The Hall–Kier alpha value is -3.03. The van der Waals surface area contributed by atoms with Crippen molar-refractivity contribution in [1.82, 2.24) is 4.72 Å². The minimum absolute atomic E-state index is 0.112. The molecule has 144 valence electrons. The molecule has 0 aromatic heterocycles. The first-order chi connectivity index (χ1) is 13.4. The largest absolute Gasteiger partial charge is 0.325 e. The molecule has 0 saturated carbocycles. The van der Waals surface area contributed by atoms with Crippen LogP contribution in [0.25, 0.3) is 0 Å². The monoisotopic (exact) mass is 398 g/mol. The number of rotatable bonds is 7. The molecule has 3 aromatic rings. The Bertz CT molecular complexity index is 1020. The van der Waals surface area contributed by atoms with Gasteiger partial charge in [0.1, 0.15) is 11.9 Å². The third kappa shape index (κ3) is 5.25. The van der Waals surface area contributed by atoms with E-state index in [1.807, 2.05) is 36.4 Å². The van der Waals surface area contributed by atoms with Gasteiger partial charge in [0.05, 0.1) is 4.90 Å². The normalized spacial score (nSPS) is 12.3. The second kappa shape index (κ2) is 8.77. The molecule has 0 fully saturated rings. The van der Waals surface area contributed by atoms with Crippen LogP contribution in [0.3, 0.4) is 0 Å². The second-order valence-electron chi connectivity index (χ2n) is 6.17. The van der Waals surface area contributed by atoms with E-state index in [2.05, 4.69) is 10.0 Å². The lowest BCUT2D eigenvalue weighted by molar-refractivity contribution is -0.117. The van der Waals surface area contributed by atoms with Crippen LogP contribution in [0.4, 0.5) is 10.1 Å². The van der Waals surface area contributed by atoms with E-state index in [0.29, 0.717) is 5.69 Å². The molecule has 1 amide bonds. The fourth-order valence-electron chi connectivity index (χ4n) is 2.66. The zero-order chi connectivity index (χ0) is 20.0. The molecule has 0 radical (unpaired) electrons. The summed E-state index contributed by atoms with van der Waals surface area (Å²) in [6.07, 6.45) is 0.167. The molecule has 3 rings (SSSR count). The lowest BCUT2D eigenvalue weighted by Gasteiger charge is -2.19. The Balaban J connectivity index is 1.84. The van der Waals surface area contributed by atoms with E-state index in [1.165, 1.54) is 0 Å². The summed E-state index contributed by atoms with van der Waals surface area (Å²) < 4.78 is 40.9. The summed E-state index contributed by atoms with van der Waals surface area (Å²) in [4.78, 5) is 12.7. The molecular weight excluding hydrogens is 379 g/mol. The van der Waals surface area contributed by atoms with Crippen molar-refractivity contribution >= 4 is 21.6 Å². The van der Waals surface area contributed by atoms with Gasteiger partial charge in [0.2, 0.25) is 15.9 Å². The van der Waals surface area contributed by atoms with Gasteiger partial charge in [-0.15, -0.1) is 0 Å². The predicted octanol–water partition coefficient (Wildman–Crippen LogP) is 3.35. The van der Waals surface area contributed by atoms with Gasteiger partial charge in [0.25, 0.3) is 0 Å². The van der Waals surface area contributed by atoms with Gasteiger partial charge in [-0.1, -0.05) is 48.5 Å².